The number of nitro benzene ring substituents is 1. The number of nitrogens with zero attached hydrogens (tertiary/aromatic N) is 2. The number of rotatable bonds is 5. The molecule has 4 saturated carbocycles. The van der Waals surface area contributed by atoms with Crippen LogP contribution in [0.15, 0.2) is 23.1 Å². The van der Waals surface area contributed by atoms with E-state index in [0.29, 0.717) is 5.69 Å². The molecule has 4 bridgehead atoms. The van der Waals surface area contributed by atoms with Crippen molar-refractivity contribution in [3.63, 3.8) is 0 Å². The zero-order chi connectivity index (χ0) is 18.7. The van der Waals surface area contributed by atoms with Crippen molar-refractivity contribution in [3.05, 3.63) is 28.3 Å². The van der Waals surface area contributed by atoms with Gasteiger partial charge in [0.2, 0.25) is 10.0 Å². The van der Waals surface area contributed by atoms with Gasteiger partial charge in [-0.3, -0.25) is 10.1 Å². The van der Waals surface area contributed by atoms with Crippen LogP contribution in [0.3, 0.4) is 0 Å². The fourth-order valence-electron chi connectivity index (χ4n) is 6.22. The van der Waals surface area contributed by atoms with E-state index < -0.39 is 14.9 Å². The average Bonchev–Trinajstić information content (AvgIpc) is 2.51. The second-order valence-electron chi connectivity index (χ2n) is 8.73. The Bertz CT molecular complexity index is 817. The van der Waals surface area contributed by atoms with E-state index in [2.05, 4.69) is 0 Å². The molecule has 7 nitrogen and oxygen atoms in total. The van der Waals surface area contributed by atoms with Crippen molar-refractivity contribution in [1.82, 2.24) is 0 Å². The van der Waals surface area contributed by atoms with Gasteiger partial charge in [-0.1, -0.05) is 0 Å². The fraction of sp³-hybridized carbons (Fsp3) is 0.667. The molecule has 142 valence electrons. The summed E-state index contributed by atoms with van der Waals surface area (Å²) >= 11 is 0. The minimum atomic E-state index is -3.97. The SMILES string of the molecule is CN(CC12CC3CC(CC(C3)C1)C2)c1ccc(S(N)(=O)=O)cc1[N+](=O)[O-]. The van der Waals surface area contributed by atoms with Crippen LogP contribution in [0.2, 0.25) is 0 Å². The Morgan fingerprint density at radius 2 is 1.73 bits per heavy atom. The molecule has 2 N–H and O–H groups in total. The highest BCUT2D eigenvalue weighted by molar-refractivity contribution is 7.89. The fourth-order valence-corrected chi connectivity index (χ4v) is 6.75. The lowest BCUT2D eigenvalue weighted by Crippen LogP contribution is -2.50. The highest BCUT2D eigenvalue weighted by Gasteiger charge is 2.51. The van der Waals surface area contributed by atoms with Gasteiger partial charge in [0.25, 0.3) is 5.69 Å². The van der Waals surface area contributed by atoms with Gasteiger partial charge in [-0.2, -0.15) is 0 Å². The zero-order valence-corrected chi connectivity index (χ0v) is 15.7. The minimum absolute atomic E-state index is 0.205. The molecule has 0 amide bonds. The molecule has 0 radical (unpaired) electrons. The van der Waals surface area contributed by atoms with E-state index >= 15 is 0 Å². The first-order valence-electron chi connectivity index (χ1n) is 9.18. The summed E-state index contributed by atoms with van der Waals surface area (Å²) in [6.45, 7) is 0.784. The average molecular weight is 379 g/mol. The topological polar surface area (TPSA) is 107 Å². The normalized spacial score (nSPS) is 32.6. The van der Waals surface area contributed by atoms with Crippen LogP contribution >= 0.6 is 0 Å². The van der Waals surface area contributed by atoms with E-state index in [0.717, 1.165) is 30.4 Å². The first-order chi connectivity index (χ1) is 12.2. The number of sulfonamides is 1. The highest BCUT2D eigenvalue weighted by atomic mass is 32.2. The number of nitrogens with two attached hydrogens (primary N) is 1. The van der Waals surface area contributed by atoms with Gasteiger partial charge in [0.05, 0.1) is 9.82 Å². The van der Waals surface area contributed by atoms with Crippen LogP contribution in [0.5, 0.6) is 0 Å². The summed E-state index contributed by atoms with van der Waals surface area (Å²) in [5, 5.41) is 16.6. The first-order valence-corrected chi connectivity index (χ1v) is 10.7. The van der Waals surface area contributed by atoms with Crippen LogP contribution < -0.4 is 10.0 Å². The predicted octanol–water partition coefficient (Wildman–Crippen LogP) is 2.89. The summed E-state index contributed by atoms with van der Waals surface area (Å²) in [7, 11) is -2.10. The van der Waals surface area contributed by atoms with Crippen LogP contribution in [-0.4, -0.2) is 26.9 Å². The third kappa shape index (κ3) is 3.09. The van der Waals surface area contributed by atoms with Crippen molar-refractivity contribution in [2.24, 2.45) is 28.3 Å². The van der Waals surface area contributed by atoms with Gasteiger partial charge in [0.15, 0.2) is 0 Å². The molecule has 0 heterocycles. The van der Waals surface area contributed by atoms with E-state index in [1.807, 2.05) is 11.9 Å². The van der Waals surface area contributed by atoms with Crippen molar-refractivity contribution < 1.29 is 13.3 Å². The molecule has 4 aliphatic carbocycles. The molecule has 26 heavy (non-hydrogen) atoms. The molecule has 0 spiro atoms. The van der Waals surface area contributed by atoms with Gasteiger partial charge < -0.3 is 4.90 Å². The highest BCUT2D eigenvalue weighted by Crippen LogP contribution is 2.60. The van der Waals surface area contributed by atoms with Gasteiger partial charge in [-0.25, -0.2) is 13.6 Å². The van der Waals surface area contributed by atoms with Crippen molar-refractivity contribution >= 4 is 21.4 Å². The number of hydrogen-bond acceptors (Lipinski definition) is 5. The molecule has 1 aromatic rings. The molecule has 4 aliphatic rings. The van der Waals surface area contributed by atoms with Crippen molar-refractivity contribution in [1.29, 1.82) is 0 Å². The maximum Gasteiger partial charge on any atom is 0.293 e. The number of nitro groups is 1. The maximum absolute atomic E-state index is 11.5. The molecule has 4 fully saturated rings. The Balaban J connectivity index is 1.62. The summed E-state index contributed by atoms with van der Waals surface area (Å²) in [5.74, 6) is 2.44. The zero-order valence-electron chi connectivity index (χ0n) is 14.9. The van der Waals surface area contributed by atoms with Gasteiger partial charge in [-0.05, 0) is 73.8 Å². The lowest BCUT2D eigenvalue weighted by Gasteiger charge is -2.57. The molecular formula is C18H25N3O4S. The van der Waals surface area contributed by atoms with Crippen molar-refractivity contribution in [2.45, 2.75) is 43.4 Å². The van der Waals surface area contributed by atoms with Crippen molar-refractivity contribution in [2.75, 3.05) is 18.5 Å². The van der Waals surface area contributed by atoms with Crippen LogP contribution in [0.25, 0.3) is 0 Å². The monoisotopic (exact) mass is 379 g/mol. The number of benzene rings is 1. The summed E-state index contributed by atoms with van der Waals surface area (Å²) in [6.07, 6.45) is 7.70. The smallest absolute Gasteiger partial charge is 0.293 e. The number of anilines is 1. The second-order valence-corrected chi connectivity index (χ2v) is 10.3. The van der Waals surface area contributed by atoms with E-state index in [1.54, 1.807) is 0 Å². The number of primary sulfonamides is 1. The quantitative estimate of drug-likeness (QED) is 0.625. The van der Waals surface area contributed by atoms with Gasteiger partial charge >= 0.3 is 0 Å². The van der Waals surface area contributed by atoms with E-state index in [4.69, 9.17) is 5.14 Å². The molecule has 5 rings (SSSR count). The van der Waals surface area contributed by atoms with Crippen LogP contribution in [-0.2, 0) is 10.0 Å². The Morgan fingerprint density at radius 1 is 1.19 bits per heavy atom. The van der Waals surface area contributed by atoms with Gasteiger partial charge in [-0.15, -0.1) is 0 Å². The molecule has 1 aromatic carbocycles. The maximum atomic E-state index is 11.5. The summed E-state index contributed by atoms with van der Waals surface area (Å²) < 4.78 is 23.1. The largest absolute Gasteiger partial charge is 0.368 e. The van der Waals surface area contributed by atoms with Crippen LogP contribution in [0.1, 0.15) is 38.5 Å². The number of hydrogen-bond donors (Lipinski definition) is 1. The molecular weight excluding hydrogens is 354 g/mol. The van der Waals surface area contributed by atoms with Crippen LogP contribution in [0.4, 0.5) is 11.4 Å². The molecule has 0 saturated heterocycles. The second kappa shape index (κ2) is 5.92. The Hall–Kier alpha value is -1.67. The third-order valence-corrected chi connectivity index (χ3v) is 7.53. The summed E-state index contributed by atoms with van der Waals surface area (Å²) in [4.78, 5) is 12.7. The Morgan fingerprint density at radius 3 is 2.19 bits per heavy atom. The molecule has 0 unspecified atom stereocenters. The summed E-state index contributed by atoms with van der Waals surface area (Å²) in [5.41, 5.74) is 0.498. The van der Waals surface area contributed by atoms with Gasteiger partial charge in [0, 0.05) is 19.7 Å². The Labute approximate surface area is 153 Å². The minimum Gasteiger partial charge on any atom is -0.368 e. The lowest BCUT2D eigenvalue weighted by atomic mass is 9.49. The predicted molar refractivity (Wildman–Crippen MR) is 98.3 cm³/mol. The first kappa shape index (κ1) is 17.7. The molecule has 0 aromatic heterocycles. The molecule has 0 atom stereocenters. The summed E-state index contributed by atoms with van der Waals surface area (Å²) in [6, 6.07) is 3.94. The Kier molecular flexibility index (Phi) is 4.04. The molecule has 0 aliphatic heterocycles. The molecule has 8 heteroatoms. The van der Waals surface area contributed by atoms with E-state index in [1.165, 1.54) is 50.7 Å². The van der Waals surface area contributed by atoms with Crippen molar-refractivity contribution in [3.8, 4) is 0 Å². The lowest BCUT2D eigenvalue weighted by molar-refractivity contribution is -0.384. The van der Waals surface area contributed by atoms with Crippen LogP contribution in [0, 0.1) is 33.3 Å². The third-order valence-electron chi connectivity index (χ3n) is 6.62. The van der Waals surface area contributed by atoms with E-state index in [-0.39, 0.29) is 16.0 Å². The standard InChI is InChI=1S/C18H25N3O4S/c1-20(11-18-8-12-4-13(9-18)6-14(5-12)10-18)16-3-2-15(26(19,24)25)7-17(16)21(22)23/h2-3,7,12-14H,4-6,8-11H2,1H3,(H2,19,24,25). The van der Waals surface area contributed by atoms with Gasteiger partial charge in [0.1, 0.15) is 5.69 Å². The van der Waals surface area contributed by atoms with E-state index in [9.17, 15) is 18.5 Å².